The lowest BCUT2D eigenvalue weighted by Crippen LogP contribution is -2.22. The van der Waals surface area contributed by atoms with Crippen LogP contribution in [0.4, 0.5) is 0 Å². The topological polar surface area (TPSA) is 45.0 Å². The smallest absolute Gasteiger partial charge is 0.119 e. The summed E-state index contributed by atoms with van der Waals surface area (Å²) in [5, 5.41) is 12.5. The first kappa shape index (κ1) is 15.1. The summed E-state index contributed by atoms with van der Waals surface area (Å²) in [7, 11) is 1.67. The molecular weight excluding hydrogens is 260 g/mol. The number of benzene rings is 2. The SMILES string of the molecule is COc1ccc(-c2cccc(C#N)c2)c(CNC(C)C)c1. The number of rotatable bonds is 5. The third kappa shape index (κ3) is 3.84. The van der Waals surface area contributed by atoms with E-state index in [1.807, 2.05) is 42.5 Å². The Hall–Kier alpha value is -2.31. The highest BCUT2D eigenvalue weighted by atomic mass is 16.5. The molecule has 0 heterocycles. The molecule has 0 aliphatic heterocycles. The molecule has 0 atom stereocenters. The normalized spacial score (nSPS) is 10.4. The largest absolute Gasteiger partial charge is 0.497 e. The van der Waals surface area contributed by atoms with Gasteiger partial charge in [-0.2, -0.15) is 5.26 Å². The fraction of sp³-hybridized carbons (Fsp3) is 0.278. The molecule has 0 aliphatic carbocycles. The quantitative estimate of drug-likeness (QED) is 0.907. The van der Waals surface area contributed by atoms with E-state index in [-0.39, 0.29) is 0 Å². The van der Waals surface area contributed by atoms with Crippen molar-refractivity contribution in [1.29, 1.82) is 5.26 Å². The van der Waals surface area contributed by atoms with Crippen LogP contribution in [-0.4, -0.2) is 13.2 Å². The minimum atomic E-state index is 0.412. The van der Waals surface area contributed by atoms with Crippen LogP contribution < -0.4 is 10.1 Å². The highest BCUT2D eigenvalue weighted by Crippen LogP contribution is 2.28. The van der Waals surface area contributed by atoms with Crippen LogP contribution in [-0.2, 0) is 6.54 Å². The Bertz CT molecular complexity index is 657. The van der Waals surface area contributed by atoms with Crippen molar-refractivity contribution in [1.82, 2.24) is 5.32 Å². The molecule has 0 aromatic heterocycles. The van der Waals surface area contributed by atoms with E-state index >= 15 is 0 Å². The van der Waals surface area contributed by atoms with Gasteiger partial charge in [0, 0.05) is 12.6 Å². The van der Waals surface area contributed by atoms with Crippen molar-refractivity contribution in [3.05, 3.63) is 53.6 Å². The Balaban J connectivity index is 2.43. The molecule has 1 N–H and O–H groups in total. The Kier molecular flexibility index (Phi) is 4.97. The maximum absolute atomic E-state index is 9.05. The monoisotopic (exact) mass is 280 g/mol. The van der Waals surface area contributed by atoms with Gasteiger partial charge in [-0.25, -0.2) is 0 Å². The van der Waals surface area contributed by atoms with Crippen molar-refractivity contribution < 1.29 is 4.74 Å². The van der Waals surface area contributed by atoms with Crippen molar-refractivity contribution in [2.75, 3.05) is 7.11 Å². The van der Waals surface area contributed by atoms with Crippen LogP contribution in [0.5, 0.6) is 5.75 Å². The van der Waals surface area contributed by atoms with Gasteiger partial charge in [-0.3, -0.25) is 0 Å². The number of methoxy groups -OCH3 is 1. The predicted octanol–water partition coefficient (Wildman–Crippen LogP) is 3.73. The van der Waals surface area contributed by atoms with Crippen LogP contribution in [0.2, 0.25) is 0 Å². The molecule has 0 fully saturated rings. The van der Waals surface area contributed by atoms with E-state index in [0.717, 1.165) is 29.0 Å². The van der Waals surface area contributed by atoms with E-state index in [9.17, 15) is 0 Å². The number of ether oxygens (including phenoxy) is 1. The first-order valence-electron chi connectivity index (χ1n) is 7.05. The minimum Gasteiger partial charge on any atom is -0.497 e. The molecule has 21 heavy (non-hydrogen) atoms. The fourth-order valence-electron chi connectivity index (χ4n) is 2.20. The van der Waals surface area contributed by atoms with E-state index in [0.29, 0.717) is 11.6 Å². The summed E-state index contributed by atoms with van der Waals surface area (Å²) in [6, 6.07) is 16.3. The number of hydrogen-bond donors (Lipinski definition) is 1. The van der Waals surface area contributed by atoms with Gasteiger partial charge in [-0.05, 0) is 41.0 Å². The van der Waals surface area contributed by atoms with Crippen LogP contribution in [0.15, 0.2) is 42.5 Å². The van der Waals surface area contributed by atoms with Gasteiger partial charge in [0.2, 0.25) is 0 Å². The second-order valence-corrected chi connectivity index (χ2v) is 5.25. The first-order valence-corrected chi connectivity index (χ1v) is 7.05. The maximum atomic E-state index is 9.05. The van der Waals surface area contributed by atoms with Crippen LogP contribution in [0.25, 0.3) is 11.1 Å². The fourth-order valence-corrected chi connectivity index (χ4v) is 2.20. The molecule has 108 valence electrons. The summed E-state index contributed by atoms with van der Waals surface area (Å²) in [6.07, 6.45) is 0. The van der Waals surface area contributed by atoms with E-state index in [1.165, 1.54) is 0 Å². The third-order valence-corrected chi connectivity index (χ3v) is 3.32. The van der Waals surface area contributed by atoms with Crippen LogP contribution in [0.3, 0.4) is 0 Å². The summed E-state index contributed by atoms with van der Waals surface area (Å²) in [4.78, 5) is 0. The van der Waals surface area contributed by atoms with E-state index in [4.69, 9.17) is 10.00 Å². The van der Waals surface area contributed by atoms with Crippen molar-refractivity contribution in [2.45, 2.75) is 26.4 Å². The molecule has 0 saturated carbocycles. The molecule has 2 aromatic rings. The highest BCUT2D eigenvalue weighted by Gasteiger charge is 2.08. The molecule has 0 unspecified atom stereocenters. The molecule has 0 radical (unpaired) electrons. The summed E-state index contributed by atoms with van der Waals surface area (Å²) in [6.45, 7) is 5.01. The second kappa shape index (κ2) is 6.92. The van der Waals surface area contributed by atoms with Gasteiger partial charge >= 0.3 is 0 Å². The van der Waals surface area contributed by atoms with Gasteiger partial charge in [0.1, 0.15) is 5.75 Å². The minimum absolute atomic E-state index is 0.412. The van der Waals surface area contributed by atoms with Crippen molar-refractivity contribution >= 4 is 0 Å². The molecule has 0 aliphatic rings. The summed E-state index contributed by atoms with van der Waals surface area (Å²) in [5.41, 5.74) is 4.02. The molecule has 0 spiro atoms. The molecule has 3 heteroatoms. The second-order valence-electron chi connectivity index (χ2n) is 5.25. The van der Waals surface area contributed by atoms with Crippen LogP contribution in [0, 0.1) is 11.3 Å². The summed E-state index contributed by atoms with van der Waals surface area (Å²) >= 11 is 0. The number of hydrogen-bond acceptors (Lipinski definition) is 3. The number of nitrogens with zero attached hydrogens (tertiary/aromatic N) is 1. The van der Waals surface area contributed by atoms with Gasteiger partial charge in [-0.15, -0.1) is 0 Å². The summed E-state index contributed by atoms with van der Waals surface area (Å²) in [5.74, 6) is 0.843. The highest BCUT2D eigenvalue weighted by molar-refractivity contribution is 5.69. The van der Waals surface area contributed by atoms with Gasteiger partial charge in [-0.1, -0.05) is 32.0 Å². The van der Waals surface area contributed by atoms with Gasteiger partial charge < -0.3 is 10.1 Å². The standard InChI is InChI=1S/C18H20N2O/c1-13(2)20-12-16-10-17(21-3)7-8-18(16)15-6-4-5-14(9-15)11-19/h4-10,13,20H,12H2,1-3H3. The zero-order valence-electron chi connectivity index (χ0n) is 12.7. The zero-order chi connectivity index (χ0) is 15.2. The van der Waals surface area contributed by atoms with Crippen molar-refractivity contribution in [2.24, 2.45) is 0 Å². The van der Waals surface area contributed by atoms with Crippen molar-refractivity contribution in [3.63, 3.8) is 0 Å². The molecule has 0 saturated heterocycles. The Morgan fingerprint density at radius 3 is 2.67 bits per heavy atom. The van der Waals surface area contributed by atoms with Gasteiger partial charge in [0.15, 0.2) is 0 Å². The molecule has 3 nitrogen and oxygen atoms in total. The Morgan fingerprint density at radius 1 is 1.19 bits per heavy atom. The summed E-state index contributed by atoms with van der Waals surface area (Å²) < 4.78 is 5.32. The lowest BCUT2D eigenvalue weighted by atomic mass is 9.97. The van der Waals surface area contributed by atoms with E-state index in [1.54, 1.807) is 7.11 Å². The van der Waals surface area contributed by atoms with Crippen LogP contribution >= 0.6 is 0 Å². The van der Waals surface area contributed by atoms with Gasteiger partial charge in [0.25, 0.3) is 0 Å². The number of nitrogens with one attached hydrogen (secondary N) is 1. The lowest BCUT2D eigenvalue weighted by molar-refractivity contribution is 0.414. The number of nitriles is 1. The average Bonchev–Trinajstić information content (AvgIpc) is 2.52. The molecule has 2 aromatic carbocycles. The zero-order valence-corrected chi connectivity index (χ0v) is 12.7. The first-order chi connectivity index (χ1) is 10.1. The molecule has 2 rings (SSSR count). The molecule has 0 amide bonds. The van der Waals surface area contributed by atoms with E-state index < -0.39 is 0 Å². The maximum Gasteiger partial charge on any atom is 0.119 e. The average molecular weight is 280 g/mol. The Morgan fingerprint density at radius 2 is 2.00 bits per heavy atom. The molecule has 0 bridgehead atoms. The van der Waals surface area contributed by atoms with E-state index in [2.05, 4.69) is 25.2 Å². The molecular formula is C18H20N2O. The third-order valence-electron chi connectivity index (χ3n) is 3.32. The predicted molar refractivity (Wildman–Crippen MR) is 85.1 cm³/mol. The lowest BCUT2D eigenvalue weighted by Gasteiger charge is -2.14. The van der Waals surface area contributed by atoms with Crippen LogP contribution in [0.1, 0.15) is 25.0 Å². The van der Waals surface area contributed by atoms with Crippen molar-refractivity contribution in [3.8, 4) is 22.9 Å². The Labute approximate surface area is 126 Å². The van der Waals surface area contributed by atoms with Gasteiger partial charge in [0.05, 0.1) is 18.7 Å².